The minimum atomic E-state index is -0.190. The molecule has 1 aliphatic rings. The van der Waals surface area contributed by atoms with E-state index in [0.717, 1.165) is 88.8 Å². The molecule has 0 amide bonds. The fourth-order valence-corrected chi connectivity index (χ4v) is 11.4. The summed E-state index contributed by atoms with van der Waals surface area (Å²) in [6, 6.07) is 90.1. The van der Waals surface area contributed by atoms with E-state index in [9.17, 15) is 0 Å². The molecule has 0 atom stereocenters. The molecule has 0 unspecified atom stereocenters. The molecule has 3 nitrogen and oxygen atoms in total. The largest absolute Gasteiger partial charge is 0.456 e. The second-order valence-corrected chi connectivity index (χ2v) is 19.7. The first-order valence-electron chi connectivity index (χ1n) is 24.8. The summed E-state index contributed by atoms with van der Waals surface area (Å²) in [5.41, 5.74) is 23.8. The van der Waals surface area contributed by atoms with E-state index in [1.165, 1.54) is 50.1 Å². The van der Waals surface area contributed by atoms with Gasteiger partial charge in [0.05, 0.1) is 0 Å². The molecule has 0 aliphatic heterocycles. The van der Waals surface area contributed by atoms with Gasteiger partial charge in [0.2, 0.25) is 0 Å². The summed E-state index contributed by atoms with van der Waals surface area (Å²) in [5.74, 6) is 0. The predicted octanol–water partition coefficient (Wildman–Crippen LogP) is 19.6. The van der Waals surface area contributed by atoms with Crippen LogP contribution in [0.1, 0.15) is 25.0 Å². The molecule has 2 heterocycles. The third kappa shape index (κ3) is 6.88. The first kappa shape index (κ1) is 41.8. The quantitative estimate of drug-likeness (QED) is 0.152. The molecule has 0 bridgehead atoms. The monoisotopic (exact) mass is 921 g/mol. The Kier molecular flexibility index (Phi) is 9.56. The van der Waals surface area contributed by atoms with E-state index in [-0.39, 0.29) is 5.41 Å². The van der Waals surface area contributed by atoms with Gasteiger partial charge in [-0.15, -0.1) is 0 Å². The zero-order valence-corrected chi connectivity index (χ0v) is 39.9. The number of benzene rings is 11. The highest BCUT2D eigenvalue weighted by molar-refractivity contribution is 6.07. The van der Waals surface area contributed by atoms with Crippen LogP contribution in [-0.2, 0) is 5.41 Å². The molecular weight excluding hydrogens is 875 g/mol. The van der Waals surface area contributed by atoms with Crippen LogP contribution in [0.4, 0.5) is 17.1 Å². The maximum Gasteiger partial charge on any atom is 0.135 e. The number of nitrogens with zero attached hydrogens (tertiary/aromatic N) is 1. The maximum atomic E-state index is 6.18. The van der Waals surface area contributed by atoms with Crippen molar-refractivity contribution in [3.8, 4) is 66.8 Å². The van der Waals surface area contributed by atoms with Crippen LogP contribution >= 0.6 is 0 Å². The molecule has 0 N–H and O–H groups in total. The van der Waals surface area contributed by atoms with Crippen LogP contribution < -0.4 is 4.90 Å². The van der Waals surface area contributed by atoms with Crippen molar-refractivity contribution < 1.29 is 8.83 Å². The van der Waals surface area contributed by atoms with E-state index in [2.05, 4.69) is 243 Å². The molecule has 3 heteroatoms. The number of hydrogen-bond acceptors (Lipinski definition) is 3. The minimum absolute atomic E-state index is 0.190. The van der Waals surface area contributed by atoms with Crippen LogP contribution in [0, 0.1) is 0 Å². The van der Waals surface area contributed by atoms with Crippen molar-refractivity contribution in [3.63, 3.8) is 0 Å². The van der Waals surface area contributed by atoms with Crippen LogP contribution in [0.25, 0.3) is 111 Å². The Balaban J connectivity index is 0.874. The van der Waals surface area contributed by atoms with Crippen molar-refractivity contribution in [1.82, 2.24) is 0 Å². The summed E-state index contributed by atoms with van der Waals surface area (Å²) in [6.45, 7) is 4.76. The van der Waals surface area contributed by atoms with Gasteiger partial charge in [0.25, 0.3) is 0 Å². The van der Waals surface area contributed by atoms with E-state index in [1.54, 1.807) is 0 Å². The van der Waals surface area contributed by atoms with Crippen molar-refractivity contribution in [2.24, 2.45) is 0 Å². The van der Waals surface area contributed by atoms with Gasteiger partial charge in [0.15, 0.2) is 0 Å². The first-order valence-corrected chi connectivity index (χ1v) is 24.8. The smallest absolute Gasteiger partial charge is 0.135 e. The fourth-order valence-electron chi connectivity index (χ4n) is 11.4. The van der Waals surface area contributed by atoms with E-state index in [4.69, 9.17) is 8.83 Å². The third-order valence-electron chi connectivity index (χ3n) is 15.1. The van der Waals surface area contributed by atoms with E-state index in [1.807, 2.05) is 24.3 Å². The first-order chi connectivity index (χ1) is 35.4. The molecule has 72 heavy (non-hydrogen) atoms. The van der Waals surface area contributed by atoms with Crippen LogP contribution in [0.3, 0.4) is 0 Å². The second-order valence-electron chi connectivity index (χ2n) is 19.7. The fraction of sp³-hybridized carbons (Fsp3) is 0.0435. The normalized spacial score (nSPS) is 12.7. The molecule has 13 aromatic rings. The Morgan fingerprint density at radius 3 is 1.32 bits per heavy atom. The lowest BCUT2D eigenvalue weighted by Gasteiger charge is -2.26. The van der Waals surface area contributed by atoms with E-state index in [0.29, 0.717) is 0 Å². The topological polar surface area (TPSA) is 29.5 Å². The lowest BCUT2D eigenvalue weighted by molar-refractivity contribution is 0.661. The van der Waals surface area contributed by atoms with Gasteiger partial charge >= 0.3 is 0 Å². The standard InChI is InChI=1S/C69H47NO2/c1-69(2)62-35-28-51(41-61(62)68-58(47-16-7-4-8-17-47)42-52(43-63(68)69)44-14-5-3-6-15-44)48-18-13-19-55(38-48)70(53-31-24-45(25-32-53)49-29-36-66-59(39-49)56-20-9-11-22-64(56)71-66)54-33-26-46(27-34-54)50-30-37-67-60(40-50)57-21-10-12-23-65(57)72-67/h3-43H,1-2H3. The predicted molar refractivity (Wildman–Crippen MR) is 300 cm³/mol. The Morgan fingerprint density at radius 2 is 0.722 bits per heavy atom. The lowest BCUT2D eigenvalue weighted by Crippen LogP contribution is -2.15. The maximum absolute atomic E-state index is 6.18. The summed E-state index contributed by atoms with van der Waals surface area (Å²) in [6.07, 6.45) is 0. The Hall–Kier alpha value is -9.18. The van der Waals surface area contributed by atoms with Crippen molar-refractivity contribution in [1.29, 1.82) is 0 Å². The van der Waals surface area contributed by atoms with Crippen LogP contribution in [0.15, 0.2) is 258 Å². The SMILES string of the molecule is CC1(C)c2ccc(-c3cccc(N(c4ccc(-c5ccc6oc7ccccc7c6c5)cc4)c4ccc(-c5ccc6oc7ccccc7c6c5)cc4)c3)cc2-c2c(-c3ccccc3)cc(-c3ccccc3)cc21. The van der Waals surface area contributed by atoms with Crippen molar-refractivity contribution in [3.05, 3.63) is 260 Å². The summed E-state index contributed by atoms with van der Waals surface area (Å²) in [5, 5.41) is 4.50. The zero-order valence-electron chi connectivity index (χ0n) is 39.9. The third-order valence-corrected chi connectivity index (χ3v) is 15.1. The highest BCUT2D eigenvalue weighted by Crippen LogP contribution is 2.54. The van der Waals surface area contributed by atoms with Gasteiger partial charge in [-0.1, -0.05) is 172 Å². The summed E-state index contributed by atoms with van der Waals surface area (Å²) >= 11 is 0. The highest BCUT2D eigenvalue weighted by Gasteiger charge is 2.38. The Labute approximate surface area is 418 Å². The van der Waals surface area contributed by atoms with Gasteiger partial charge in [0.1, 0.15) is 22.3 Å². The number of furan rings is 2. The number of rotatable bonds is 8. The summed E-state index contributed by atoms with van der Waals surface area (Å²) in [7, 11) is 0. The van der Waals surface area contributed by atoms with Crippen molar-refractivity contribution in [2.45, 2.75) is 19.3 Å². The van der Waals surface area contributed by atoms with Gasteiger partial charge in [0, 0.05) is 44.0 Å². The molecule has 340 valence electrons. The molecule has 2 aromatic heterocycles. The zero-order chi connectivity index (χ0) is 47.9. The van der Waals surface area contributed by atoms with Gasteiger partial charge in [-0.2, -0.15) is 0 Å². The summed E-state index contributed by atoms with van der Waals surface area (Å²) in [4.78, 5) is 2.38. The van der Waals surface area contributed by atoms with Gasteiger partial charge in [-0.25, -0.2) is 0 Å². The number of fused-ring (bicyclic) bond motifs is 9. The number of hydrogen-bond donors (Lipinski definition) is 0. The lowest BCUT2D eigenvalue weighted by atomic mass is 9.80. The highest BCUT2D eigenvalue weighted by atomic mass is 16.3. The van der Waals surface area contributed by atoms with Gasteiger partial charge in [-0.3, -0.25) is 0 Å². The molecule has 11 aromatic carbocycles. The van der Waals surface area contributed by atoms with Crippen LogP contribution in [0.2, 0.25) is 0 Å². The average molecular weight is 922 g/mol. The van der Waals surface area contributed by atoms with Gasteiger partial charge < -0.3 is 13.7 Å². The Morgan fingerprint density at radius 1 is 0.278 bits per heavy atom. The molecule has 0 spiro atoms. The Bertz CT molecular complexity index is 4060. The van der Waals surface area contributed by atoms with E-state index >= 15 is 0 Å². The van der Waals surface area contributed by atoms with Gasteiger partial charge in [-0.05, 0) is 169 Å². The summed E-state index contributed by atoms with van der Waals surface area (Å²) < 4.78 is 12.4. The number of anilines is 3. The van der Waals surface area contributed by atoms with Crippen molar-refractivity contribution >= 4 is 60.9 Å². The second kappa shape index (κ2) is 16.5. The van der Waals surface area contributed by atoms with Crippen molar-refractivity contribution in [2.75, 3.05) is 4.90 Å². The molecule has 14 rings (SSSR count). The molecule has 0 radical (unpaired) electrons. The molecular formula is C69H47NO2. The molecule has 0 saturated heterocycles. The molecule has 0 fully saturated rings. The minimum Gasteiger partial charge on any atom is -0.456 e. The molecule has 1 aliphatic carbocycles. The van der Waals surface area contributed by atoms with E-state index < -0.39 is 0 Å². The average Bonchev–Trinajstić information content (AvgIpc) is 4.08. The van der Waals surface area contributed by atoms with Crippen LogP contribution in [0.5, 0.6) is 0 Å². The number of para-hydroxylation sites is 2. The molecule has 0 saturated carbocycles. The van der Waals surface area contributed by atoms with Crippen LogP contribution in [-0.4, -0.2) is 0 Å².